The lowest BCUT2D eigenvalue weighted by Crippen LogP contribution is -2.50. The highest BCUT2D eigenvalue weighted by Gasteiger charge is 2.38. The van der Waals surface area contributed by atoms with Crippen LogP contribution in [0.5, 0.6) is 0 Å². The SMILES string of the molecule is CC(N)C(=O)NC(C)(C)C1CC1. The molecule has 0 bridgehead atoms. The van der Waals surface area contributed by atoms with Crippen LogP contribution in [0.1, 0.15) is 33.6 Å². The maximum atomic E-state index is 11.3. The first-order valence-electron chi connectivity index (χ1n) is 4.51. The summed E-state index contributed by atoms with van der Waals surface area (Å²) in [6.07, 6.45) is 2.46. The zero-order valence-corrected chi connectivity index (χ0v) is 8.05. The molecule has 3 nitrogen and oxygen atoms in total. The van der Waals surface area contributed by atoms with Crippen molar-refractivity contribution in [3.63, 3.8) is 0 Å². The van der Waals surface area contributed by atoms with Crippen molar-refractivity contribution in [3.05, 3.63) is 0 Å². The summed E-state index contributed by atoms with van der Waals surface area (Å²) < 4.78 is 0. The van der Waals surface area contributed by atoms with E-state index in [-0.39, 0.29) is 11.4 Å². The summed E-state index contributed by atoms with van der Waals surface area (Å²) in [6.45, 7) is 5.83. The van der Waals surface area contributed by atoms with Gasteiger partial charge in [-0.15, -0.1) is 0 Å². The number of nitrogens with two attached hydrogens (primary N) is 1. The van der Waals surface area contributed by atoms with Gasteiger partial charge in [0.05, 0.1) is 6.04 Å². The van der Waals surface area contributed by atoms with Crippen molar-refractivity contribution in [1.29, 1.82) is 0 Å². The summed E-state index contributed by atoms with van der Waals surface area (Å²) in [7, 11) is 0. The van der Waals surface area contributed by atoms with E-state index in [1.807, 2.05) is 0 Å². The van der Waals surface area contributed by atoms with Gasteiger partial charge in [-0.3, -0.25) is 4.79 Å². The molecule has 1 atom stereocenters. The summed E-state index contributed by atoms with van der Waals surface area (Å²) in [5.74, 6) is 0.604. The lowest BCUT2D eigenvalue weighted by molar-refractivity contribution is -0.123. The van der Waals surface area contributed by atoms with Crippen LogP contribution in [0.15, 0.2) is 0 Å². The van der Waals surface area contributed by atoms with Crippen molar-refractivity contribution in [3.8, 4) is 0 Å². The molecule has 0 aromatic carbocycles. The topological polar surface area (TPSA) is 55.1 Å². The van der Waals surface area contributed by atoms with Crippen LogP contribution in [-0.4, -0.2) is 17.5 Å². The van der Waals surface area contributed by atoms with Gasteiger partial charge in [0, 0.05) is 5.54 Å². The van der Waals surface area contributed by atoms with Gasteiger partial charge in [-0.25, -0.2) is 0 Å². The van der Waals surface area contributed by atoms with Crippen molar-refractivity contribution >= 4 is 5.91 Å². The third kappa shape index (κ3) is 2.21. The largest absolute Gasteiger partial charge is 0.350 e. The number of hydrogen-bond acceptors (Lipinski definition) is 2. The Balaban J connectivity index is 2.43. The molecule has 1 saturated carbocycles. The summed E-state index contributed by atoms with van der Waals surface area (Å²) in [5.41, 5.74) is 5.39. The molecule has 70 valence electrons. The Labute approximate surface area is 73.7 Å². The Bertz CT molecular complexity index is 183. The molecule has 1 aliphatic rings. The van der Waals surface area contributed by atoms with E-state index in [0.717, 1.165) is 0 Å². The molecule has 0 heterocycles. The van der Waals surface area contributed by atoms with Gasteiger partial charge in [0.15, 0.2) is 0 Å². The fourth-order valence-corrected chi connectivity index (χ4v) is 1.34. The number of amides is 1. The van der Waals surface area contributed by atoms with E-state index in [9.17, 15) is 4.79 Å². The van der Waals surface area contributed by atoms with E-state index in [4.69, 9.17) is 5.73 Å². The van der Waals surface area contributed by atoms with Crippen molar-refractivity contribution < 1.29 is 4.79 Å². The van der Waals surface area contributed by atoms with E-state index in [2.05, 4.69) is 19.2 Å². The van der Waals surface area contributed by atoms with Gasteiger partial charge in [0.2, 0.25) is 5.91 Å². The first-order chi connectivity index (χ1) is 5.43. The van der Waals surface area contributed by atoms with Crippen LogP contribution in [-0.2, 0) is 4.79 Å². The van der Waals surface area contributed by atoms with Gasteiger partial charge in [-0.1, -0.05) is 0 Å². The van der Waals surface area contributed by atoms with Crippen LogP contribution in [0.2, 0.25) is 0 Å². The van der Waals surface area contributed by atoms with Crippen molar-refractivity contribution in [2.75, 3.05) is 0 Å². The average Bonchev–Trinajstić information content (AvgIpc) is 2.65. The highest BCUT2D eigenvalue weighted by molar-refractivity contribution is 5.81. The number of nitrogens with one attached hydrogen (secondary N) is 1. The minimum atomic E-state index is -0.400. The minimum Gasteiger partial charge on any atom is -0.350 e. The number of carbonyl (C=O) groups is 1. The summed E-state index contributed by atoms with van der Waals surface area (Å²) >= 11 is 0. The Morgan fingerprint density at radius 2 is 2.08 bits per heavy atom. The van der Waals surface area contributed by atoms with E-state index in [1.54, 1.807) is 6.92 Å². The number of carbonyl (C=O) groups excluding carboxylic acids is 1. The first kappa shape index (κ1) is 9.52. The molecule has 0 aromatic heterocycles. The number of hydrogen-bond donors (Lipinski definition) is 2. The van der Waals surface area contributed by atoms with Crippen LogP contribution in [0.25, 0.3) is 0 Å². The molecule has 1 aliphatic carbocycles. The highest BCUT2D eigenvalue weighted by atomic mass is 16.2. The normalized spacial score (nSPS) is 20.3. The average molecular weight is 170 g/mol. The van der Waals surface area contributed by atoms with E-state index in [0.29, 0.717) is 5.92 Å². The molecule has 1 unspecified atom stereocenters. The molecule has 3 heteroatoms. The smallest absolute Gasteiger partial charge is 0.237 e. The molecule has 12 heavy (non-hydrogen) atoms. The Hall–Kier alpha value is -0.570. The zero-order chi connectivity index (χ0) is 9.35. The fraction of sp³-hybridized carbons (Fsp3) is 0.889. The molecule has 0 aliphatic heterocycles. The third-order valence-electron chi connectivity index (χ3n) is 2.46. The quantitative estimate of drug-likeness (QED) is 0.653. The highest BCUT2D eigenvalue weighted by Crippen LogP contribution is 2.39. The maximum Gasteiger partial charge on any atom is 0.237 e. The van der Waals surface area contributed by atoms with Crippen molar-refractivity contribution in [1.82, 2.24) is 5.32 Å². The predicted molar refractivity (Wildman–Crippen MR) is 48.6 cm³/mol. The Kier molecular flexibility index (Phi) is 2.42. The predicted octanol–water partition coefficient (Wildman–Crippen LogP) is 0.638. The van der Waals surface area contributed by atoms with E-state index < -0.39 is 6.04 Å². The molecule has 3 N–H and O–H groups in total. The van der Waals surface area contributed by atoms with Gasteiger partial charge >= 0.3 is 0 Å². The van der Waals surface area contributed by atoms with Crippen molar-refractivity contribution in [2.45, 2.75) is 45.2 Å². The molecular weight excluding hydrogens is 152 g/mol. The second-order valence-electron chi connectivity index (χ2n) is 4.27. The lowest BCUT2D eigenvalue weighted by Gasteiger charge is -2.27. The van der Waals surface area contributed by atoms with Crippen LogP contribution in [0.4, 0.5) is 0 Å². The monoisotopic (exact) mass is 170 g/mol. The summed E-state index contributed by atoms with van der Waals surface area (Å²) in [6, 6.07) is -0.400. The molecular formula is C9H18N2O. The third-order valence-corrected chi connectivity index (χ3v) is 2.46. The van der Waals surface area contributed by atoms with Gasteiger partial charge < -0.3 is 11.1 Å². The molecule has 1 rings (SSSR count). The zero-order valence-electron chi connectivity index (χ0n) is 8.05. The first-order valence-corrected chi connectivity index (χ1v) is 4.51. The fourth-order valence-electron chi connectivity index (χ4n) is 1.34. The Morgan fingerprint density at radius 1 is 1.58 bits per heavy atom. The van der Waals surface area contributed by atoms with Gasteiger partial charge in [-0.2, -0.15) is 0 Å². The molecule has 0 radical (unpaired) electrons. The molecule has 0 saturated heterocycles. The van der Waals surface area contributed by atoms with E-state index in [1.165, 1.54) is 12.8 Å². The number of rotatable bonds is 3. The summed E-state index contributed by atoms with van der Waals surface area (Å²) in [5, 5.41) is 2.95. The summed E-state index contributed by atoms with van der Waals surface area (Å²) in [4.78, 5) is 11.3. The molecule has 1 fully saturated rings. The molecule has 0 aromatic rings. The van der Waals surface area contributed by atoms with E-state index >= 15 is 0 Å². The molecule has 1 amide bonds. The maximum absolute atomic E-state index is 11.3. The van der Waals surface area contributed by atoms with Crippen LogP contribution in [0, 0.1) is 5.92 Å². The minimum absolute atomic E-state index is 0.0492. The van der Waals surface area contributed by atoms with Gasteiger partial charge in [-0.05, 0) is 39.5 Å². The second-order valence-corrected chi connectivity index (χ2v) is 4.27. The standard InChI is InChI=1S/C9H18N2O/c1-6(10)8(12)11-9(2,3)7-4-5-7/h6-7H,4-5,10H2,1-3H3,(H,11,12). The van der Waals surface area contributed by atoms with Crippen LogP contribution < -0.4 is 11.1 Å². The van der Waals surface area contributed by atoms with Crippen LogP contribution in [0.3, 0.4) is 0 Å². The Morgan fingerprint density at radius 3 is 2.42 bits per heavy atom. The second kappa shape index (κ2) is 3.05. The van der Waals surface area contributed by atoms with Crippen LogP contribution >= 0.6 is 0 Å². The van der Waals surface area contributed by atoms with Crippen molar-refractivity contribution in [2.24, 2.45) is 11.7 Å². The lowest BCUT2D eigenvalue weighted by atomic mass is 9.98. The molecule has 0 spiro atoms. The van der Waals surface area contributed by atoms with Gasteiger partial charge in [0.25, 0.3) is 0 Å². The van der Waals surface area contributed by atoms with Gasteiger partial charge in [0.1, 0.15) is 0 Å².